The van der Waals surface area contributed by atoms with Gasteiger partial charge in [-0.3, -0.25) is 14.5 Å². The molecule has 6 heteroatoms. The second-order valence-corrected chi connectivity index (χ2v) is 7.79. The molecule has 0 saturated carbocycles. The molecule has 4 nitrogen and oxygen atoms in total. The number of likely N-dealkylation sites (N-methyl/N-ethyl adjacent to an activating group) is 1. The van der Waals surface area contributed by atoms with Crippen molar-refractivity contribution in [3.05, 3.63) is 68.5 Å². The number of benzene rings is 2. The lowest BCUT2D eigenvalue weighted by atomic mass is 10.1. The van der Waals surface area contributed by atoms with Crippen LogP contribution in [0.3, 0.4) is 0 Å². The summed E-state index contributed by atoms with van der Waals surface area (Å²) in [4.78, 5) is 25.9. The molecule has 2 aromatic rings. The number of ether oxygens (including phenoxy) is 1. The second-order valence-electron chi connectivity index (χ2n) is 5.88. The number of carbonyl (C=O) groups is 2. The quantitative estimate of drug-likeness (QED) is 0.595. The summed E-state index contributed by atoms with van der Waals surface area (Å²) >= 11 is 4.41. The van der Waals surface area contributed by atoms with E-state index in [1.807, 2.05) is 49.4 Å². The van der Waals surface area contributed by atoms with E-state index in [-0.39, 0.29) is 11.1 Å². The zero-order chi connectivity index (χ0) is 18.7. The minimum atomic E-state index is -0.257. The molecule has 26 heavy (non-hydrogen) atoms. The summed E-state index contributed by atoms with van der Waals surface area (Å²) in [6, 6.07) is 13.8. The lowest BCUT2D eigenvalue weighted by Gasteiger charge is -2.11. The van der Waals surface area contributed by atoms with Crippen LogP contribution in [0.25, 0.3) is 6.08 Å². The lowest BCUT2D eigenvalue weighted by Crippen LogP contribution is -2.27. The number of rotatable bonds is 5. The summed E-state index contributed by atoms with van der Waals surface area (Å²) in [6.07, 6.45) is 1.72. The van der Waals surface area contributed by atoms with Crippen LogP contribution in [0.2, 0.25) is 0 Å². The van der Waals surface area contributed by atoms with Crippen molar-refractivity contribution in [3.63, 3.8) is 0 Å². The van der Waals surface area contributed by atoms with E-state index in [1.165, 1.54) is 10.5 Å². The van der Waals surface area contributed by atoms with Crippen molar-refractivity contribution in [3.8, 4) is 5.75 Å². The SMILES string of the molecule is CCN1C(=O)S/C(=C/c2cc(Br)ccc2OCc2ccc(C)cc2)C1=O. The van der Waals surface area contributed by atoms with Gasteiger partial charge in [0.1, 0.15) is 12.4 Å². The van der Waals surface area contributed by atoms with Crippen molar-refractivity contribution < 1.29 is 14.3 Å². The van der Waals surface area contributed by atoms with E-state index in [9.17, 15) is 9.59 Å². The van der Waals surface area contributed by atoms with Crippen molar-refractivity contribution >= 4 is 44.9 Å². The van der Waals surface area contributed by atoms with Gasteiger partial charge in [0, 0.05) is 16.6 Å². The van der Waals surface area contributed by atoms with Crippen molar-refractivity contribution in [1.82, 2.24) is 4.90 Å². The summed E-state index contributed by atoms with van der Waals surface area (Å²) in [5.41, 5.74) is 3.02. The van der Waals surface area contributed by atoms with Crippen LogP contribution in [0.4, 0.5) is 4.79 Å². The number of nitrogens with zero attached hydrogens (tertiary/aromatic N) is 1. The number of hydrogen-bond donors (Lipinski definition) is 0. The highest BCUT2D eigenvalue weighted by Gasteiger charge is 2.33. The molecule has 1 aliphatic rings. The minimum absolute atomic E-state index is 0.235. The maximum atomic E-state index is 12.3. The Bertz CT molecular complexity index is 877. The van der Waals surface area contributed by atoms with Crippen LogP contribution in [0.1, 0.15) is 23.6 Å². The molecule has 1 saturated heterocycles. The van der Waals surface area contributed by atoms with Gasteiger partial charge in [-0.25, -0.2) is 0 Å². The Balaban J connectivity index is 1.84. The molecule has 0 aliphatic carbocycles. The molecule has 1 aliphatic heterocycles. The molecule has 134 valence electrons. The van der Waals surface area contributed by atoms with E-state index in [2.05, 4.69) is 15.9 Å². The number of amides is 2. The van der Waals surface area contributed by atoms with Gasteiger partial charge < -0.3 is 4.74 Å². The fraction of sp³-hybridized carbons (Fsp3) is 0.200. The van der Waals surface area contributed by atoms with Gasteiger partial charge in [-0.15, -0.1) is 0 Å². The van der Waals surface area contributed by atoms with E-state index in [4.69, 9.17) is 4.74 Å². The van der Waals surface area contributed by atoms with E-state index in [0.717, 1.165) is 27.4 Å². The molecule has 1 heterocycles. The summed E-state index contributed by atoms with van der Waals surface area (Å²) in [5, 5.41) is -0.235. The van der Waals surface area contributed by atoms with E-state index in [0.29, 0.717) is 23.8 Å². The van der Waals surface area contributed by atoms with Crippen molar-refractivity contribution in [1.29, 1.82) is 0 Å². The number of carbonyl (C=O) groups excluding carboxylic acids is 2. The Morgan fingerprint density at radius 2 is 1.88 bits per heavy atom. The Labute approximate surface area is 165 Å². The zero-order valence-electron chi connectivity index (χ0n) is 14.5. The van der Waals surface area contributed by atoms with Gasteiger partial charge in [0.2, 0.25) is 0 Å². The van der Waals surface area contributed by atoms with Crippen LogP contribution in [0.15, 0.2) is 51.8 Å². The zero-order valence-corrected chi connectivity index (χ0v) is 16.9. The van der Waals surface area contributed by atoms with E-state index < -0.39 is 0 Å². The van der Waals surface area contributed by atoms with Crippen LogP contribution in [0, 0.1) is 6.92 Å². The van der Waals surface area contributed by atoms with Gasteiger partial charge in [-0.2, -0.15) is 0 Å². The maximum absolute atomic E-state index is 12.3. The summed E-state index contributed by atoms with van der Waals surface area (Å²) in [7, 11) is 0. The first kappa shape index (κ1) is 18.7. The fourth-order valence-electron chi connectivity index (χ4n) is 2.52. The Kier molecular flexibility index (Phi) is 5.84. The van der Waals surface area contributed by atoms with Crippen molar-refractivity contribution in [2.45, 2.75) is 20.5 Å². The van der Waals surface area contributed by atoms with Crippen molar-refractivity contribution in [2.75, 3.05) is 6.54 Å². The first-order chi connectivity index (χ1) is 12.5. The van der Waals surface area contributed by atoms with Crippen LogP contribution >= 0.6 is 27.7 Å². The molecule has 0 unspecified atom stereocenters. The molecule has 0 atom stereocenters. The molecule has 0 spiro atoms. The smallest absolute Gasteiger partial charge is 0.293 e. The van der Waals surface area contributed by atoms with Gasteiger partial charge in [0.25, 0.3) is 11.1 Å². The molecule has 1 fully saturated rings. The third kappa shape index (κ3) is 4.19. The highest BCUT2D eigenvalue weighted by Crippen LogP contribution is 2.34. The molecule has 0 bridgehead atoms. The standard InChI is InChI=1S/C20H18BrNO3S/c1-3-22-19(23)18(26-20(22)24)11-15-10-16(21)8-9-17(15)25-12-14-6-4-13(2)5-7-14/h4-11H,3,12H2,1-2H3/b18-11+. The molecule has 0 aromatic heterocycles. The first-order valence-corrected chi connectivity index (χ1v) is 9.82. The third-order valence-corrected chi connectivity index (χ3v) is 5.36. The Morgan fingerprint density at radius 1 is 1.15 bits per heavy atom. The van der Waals surface area contributed by atoms with Gasteiger partial charge in [0.05, 0.1) is 4.91 Å². The first-order valence-electron chi connectivity index (χ1n) is 8.21. The largest absolute Gasteiger partial charge is 0.488 e. The molecule has 0 N–H and O–H groups in total. The third-order valence-electron chi connectivity index (χ3n) is 3.96. The monoisotopic (exact) mass is 431 g/mol. The fourth-order valence-corrected chi connectivity index (χ4v) is 3.80. The highest BCUT2D eigenvalue weighted by molar-refractivity contribution is 9.10. The van der Waals surface area contributed by atoms with Gasteiger partial charge >= 0.3 is 0 Å². The highest BCUT2D eigenvalue weighted by atomic mass is 79.9. The normalized spacial score (nSPS) is 15.8. The van der Waals surface area contributed by atoms with Crippen LogP contribution < -0.4 is 4.74 Å². The second kappa shape index (κ2) is 8.10. The van der Waals surface area contributed by atoms with Crippen LogP contribution in [-0.4, -0.2) is 22.6 Å². The maximum Gasteiger partial charge on any atom is 0.293 e. The van der Waals surface area contributed by atoms with E-state index >= 15 is 0 Å². The van der Waals surface area contributed by atoms with Gasteiger partial charge in [-0.1, -0.05) is 45.8 Å². The molecule has 3 rings (SSSR count). The molecule has 2 aromatic carbocycles. The Hall–Kier alpha value is -2.05. The average Bonchev–Trinajstić information content (AvgIpc) is 2.88. The topological polar surface area (TPSA) is 46.6 Å². The summed E-state index contributed by atoms with van der Waals surface area (Å²) < 4.78 is 6.84. The van der Waals surface area contributed by atoms with Gasteiger partial charge in [-0.05, 0) is 55.4 Å². The van der Waals surface area contributed by atoms with Crippen molar-refractivity contribution in [2.24, 2.45) is 0 Å². The molecule has 2 amide bonds. The number of aryl methyl sites for hydroxylation is 1. The van der Waals surface area contributed by atoms with E-state index in [1.54, 1.807) is 13.0 Å². The number of hydrogen-bond acceptors (Lipinski definition) is 4. The van der Waals surface area contributed by atoms with Gasteiger partial charge in [0.15, 0.2) is 0 Å². The number of thioether (sulfide) groups is 1. The minimum Gasteiger partial charge on any atom is -0.488 e. The number of halogens is 1. The average molecular weight is 432 g/mol. The van der Waals surface area contributed by atoms with Crippen LogP contribution in [0.5, 0.6) is 5.75 Å². The lowest BCUT2D eigenvalue weighted by molar-refractivity contribution is -0.122. The predicted octanol–water partition coefficient (Wildman–Crippen LogP) is 5.39. The molecular formula is C20H18BrNO3S. The summed E-state index contributed by atoms with van der Waals surface area (Å²) in [5.74, 6) is 0.407. The predicted molar refractivity (Wildman–Crippen MR) is 108 cm³/mol. The van der Waals surface area contributed by atoms with Crippen LogP contribution in [-0.2, 0) is 11.4 Å². The summed E-state index contributed by atoms with van der Waals surface area (Å²) in [6.45, 7) is 4.63. The Morgan fingerprint density at radius 3 is 2.54 bits per heavy atom. The number of imide groups is 1. The molecule has 0 radical (unpaired) electrons. The molecular weight excluding hydrogens is 414 g/mol.